The highest BCUT2D eigenvalue weighted by atomic mass is 79.9. The minimum atomic E-state index is -4.01. The van der Waals surface area contributed by atoms with E-state index in [1.807, 2.05) is 0 Å². The molecule has 2 aromatic carbocycles. The number of nitrogens with zero attached hydrogens (tertiary/aromatic N) is 2. The summed E-state index contributed by atoms with van der Waals surface area (Å²) in [5, 5.41) is 10.6. The van der Waals surface area contributed by atoms with Crippen LogP contribution < -0.4 is 4.31 Å². The third-order valence-corrected chi connectivity index (χ3v) is 5.23. The van der Waals surface area contributed by atoms with Crippen LogP contribution in [0.15, 0.2) is 51.8 Å². The Morgan fingerprint density at radius 1 is 1.18 bits per heavy atom. The predicted molar refractivity (Wildman–Crippen MR) is 82.8 cm³/mol. The predicted octanol–water partition coefficient (Wildman–Crippen LogP) is 3.32. The van der Waals surface area contributed by atoms with Crippen molar-refractivity contribution < 1.29 is 17.7 Å². The lowest BCUT2D eigenvalue weighted by Crippen LogP contribution is -2.27. The Balaban J connectivity index is 2.42. The van der Waals surface area contributed by atoms with Crippen LogP contribution in [0, 0.1) is 15.9 Å². The zero-order chi connectivity index (χ0) is 16.5. The van der Waals surface area contributed by atoms with Gasteiger partial charge in [0.1, 0.15) is 5.82 Å². The van der Waals surface area contributed by atoms with Crippen molar-refractivity contribution >= 4 is 37.3 Å². The normalized spacial score (nSPS) is 11.2. The third-order valence-electron chi connectivity index (χ3n) is 2.95. The summed E-state index contributed by atoms with van der Waals surface area (Å²) in [6.45, 7) is 0. The Morgan fingerprint density at radius 2 is 1.77 bits per heavy atom. The molecule has 6 nitrogen and oxygen atoms in total. The highest BCUT2D eigenvalue weighted by Gasteiger charge is 2.24. The van der Waals surface area contributed by atoms with Crippen molar-refractivity contribution in [2.24, 2.45) is 0 Å². The van der Waals surface area contributed by atoms with Crippen LogP contribution in [-0.2, 0) is 10.0 Å². The SMILES string of the molecule is CN(c1ccc(Br)cc1F)S(=O)(=O)c1ccc([N+](=O)[O-])cc1. The average molecular weight is 389 g/mol. The van der Waals surface area contributed by atoms with Crippen molar-refractivity contribution in [3.8, 4) is 0 Å². The lowest BCUT2D eigenvalue weighted by atomic mass is 10.3. The standard InChI is InChI=1S/C13H10BrFN2O4S/c1-16(13-7-2-9(14)8-12(13)15)22(20,21)11-5-3-10(4-6-11)17(18)19/h2-8H,1H3. The van der Waals surface area contributed by atoms with E-state index in [0.29, 0.717) is 4.47 Å². The number of nitro groups is 1. The van der Waals surface area contributed by atoms with Crippen molar-refractivity contribution in [3.05, 3.63) is 62.9 Å². The molecule has 2 aromatic rings. The fourth-order valence-electron chi connectivity index (χ4n) is 1.76. The first-order valence-corrected chi connectivity index (χ1v) is 8.15. The second-order valence-corrected chi connectivity index (χ2v) is 7.20. The molecule has 0 saturated carbocycles. The van der Waals surface area contributed by atoms with E-state index in [1.54, 1.807) is 0 Å². The van der Waals surface area contributed by atoms with Crippen LogP contribution in [0.1, 0.15) is 0 Å². The lowest BCUT2D eigenvalue weighted by molar-refractivity contribution is -0.384. The fraction of sp³-hybridized carbons (Fsp3) is 0.0769. The molecule has 0 heterocycles. The van der Waals surface area contributed by atoms with Crippen molar-refractivity contribution in [2.45, 2.75) is 4.90 Å². The molecule has 0 fully saturated rings. The highest BCUT2D eigenvalue weighted by molar-refractivity contribution is 9.10. The first kappa shape index (κ1) is 16.4. The first-order valence-electron chi connectivity index (χ1n) is 5.92. The Kier molecular flexibility index (Phi) is 4.47. The van der Waals surface area contributed by atoms with E-state index < -0.39 is 20.8 Å². The van der Waals surface area contributed by atoms with Crippen LogP contribution in [0.5, 0.6) is 0 Å². The number of sulfonamides is 1. The molecule has 0 radical (unpaired) electrons. The summed E-state index contributed by atoms with van der Waals surface area (Å²) in [7, 11) is -2.80. The molecule has 0 unspecified atom stereocenters. The van der Waals surface area contributed by atoms with E-state index >= 15 is 0 Å². The number of halogens is 2. The molecule has 0 aromatic heterocycles. The Morgan fingerprint density at radius 3 is 2.27 bits per heavy atom. The average Bonchev–Trinajstić information content (AvgIpc) is 2.46. The van der Waals surface area contributed by atoms with E-state index in [0.717, 1.165) is 34.6 Å². The molecule has 22 heavy (non-hydrogen) atoms. The van der Waals surface area contributed by atoms with Crippen molar-refractivity contribution in [2.75, 3.05) is 11.4 Å². The first-order chi connectivity index (χ1) is 10.2. The van der Waals surface area contributed by atoms with E-state index in [4.69, 9.17) is 0 Å². The molecular weight excluding hydrogens is 379 g/mol. The monoisotopic (exact) mass is 388 g/mol. The van der Waals surface area contributed by atoms with Gasteiger partial charge in [-0.05, 0) is 30.3 Å². The zero-order valence-corrected chi connectivity index (χ0v) is 13.6. The summed E-state index contributed by atoms with van der Waals surface area (Å²) in [5.41, 5.74) is -0.349. The third kappa shape index (κ3) is 3.09. The Bertz CT molecular complexity index is 824. The highest BCUT2D eigenvalue weighted by Crippen LogP contribution is 2.27. The van der Waals surface area contributed by atoms with Crippen LogP contribution in [0.2, 0.25) is 0 Å². The zero-order valence-electron chi connectivity index (χ0n) is 11.2. The number of rotatable bonds is 4. The second kappa shape index (κ2) is 6.01. The quantitative estimate of drug-likeness (QED) is 0.594. The van der Waals surface area contributed by atoms with Gasteiger partial charge < -0.3 is 0 Å². The van der Waals surface area contributed by atoms with Crippen LogP contribution >= 0.6 is 15.9 Å². The van der Waals surface area contributed by atoms with Gasteiger partial charge in [-0.2, -0.15) is 0 Å². The summed E-state index contributed by atoms with van der Waals surface area (Å²) in [5.74, 6) is -0.706. The molecule has 0 saturated heterocycles. The molecule has 0 spiro atoms. The molecule has 0 atom stereocenters. The number of anilines is 1. The molecule has 0 amide bonds. The number of nitro benzene ring substituents is 1. The van der Waals surface area contributed by atoms with Gasteiger partial charge in [-0.25, -0.2) is 12.8 Å². The molecule has 2 rings (SSSR count). The van der Waals surface area contributed by atoms with Gasteiger partial charge in [0.15, 0.2) is 0 Å². The molecule has 0 N–H and O–H groups in total. The van der Waals surface area contributed by atoms with E-state index in [1.165, 1.54) is 19.2 Å². The van der Waals surface area contributed by atoms with Crippen LogP contribution in [-0.4, -0.2) is 20.4 Å². The largest absolute Gasteiger partial charge is 0.269 e. The molecule has 0 aliphatic heterocycles. The maximum absolute atomic E-state index is 13.9. The molecule has 0 aliphatic rings. The molecule has 0 aliphatic carbocycles. The summed E-state index contributed by atoms with van der Waals surface area (Å²) in [6.07, 6.45) is 0. The van der Waals surface area contributed by atoms with Crippen LogP contribution in [0.3, 0.4) is 0 Å². The Labute approximate surface area is 134 Å². The molecule has 116 valence electrons. The van der Waals surface area contributed by atoms with E-state index in [-0.39, 0.29) is 16.3 Å². The van der Waals surface area contributed by atoms with Gasteiger partial charge in [0.2, 0.25) is 0 Å². The summed E-state index contributed by atoms with van der Waals surface area (Å²) < 4.78 is 40.0. The van der Waals surface area contributed by atoms with Gasteiger partial charge in [-0.1, -0.05) is 15.9 Å². The van der Waals surface area contributed by atoms with Crippen molar-refractivity contribution in [1.82, 2.24) is 0 Å². The maximum atomic E-state index is 13.9. The summed E-state index contributed by atoms with van der Waals surface area (Å²) in [6, 6.07) is 8.37. The molecular formula is C13H10BrFN2O4S. The minimum absolute atomic E-state index is 0.124. The number of benzene rings is 2. The number of hydrogen-bond acceptors (Lipinski definition) is 4. The van der Waals surface area contributed by atoms with Gasteiger partial charge in [0.05, 0.1) is 15.5 Å². The molecule has 0 bridgehead atoms. The number of non-ortho nitro benzene ring substituents is 1. The number of hydrogen-bond donors (Lipinski definition) is 0. The van der Waals surface area contributed by atoms with Gasteiger partial charge >= 0.3 is 0 Å². The fourth-order valence-corrected chi connectivity index (χ4v) is 3.30. The van der Waals surface area contributed by atoms with Gasteiger partial charge in [0, 0.05) is 23.7 Å². The van der Waals surface area contributed by atoms with E-state index in [2.05, 4.69) is 15.9 Å². The summed E-state index contributed by atoms with van der Waals surface area (Å²) >= 11 is 3.09. The van der Waals surface area contributed by atoms with Gasteiger partial charge in [0.25, 0.3) is 15.7 Å². The van der Waals surface area contributed by atoms with Gasteiger partial charge in [-0.3, -0.25) is 14.4 Å². The van der Waals surface area contributed by atoms with E-state index in [9.17, 15) is 22.9 Å². The maximum Gasteiger partial charge on any atom is 0.269 e. The smallest absolute Gasteiger partial charge is 0.266 e. The minimum Gasteiger partial charge on any atom is -0.266 e. The van der Waals surface area contributed by atoms with Gasteiger partial charge in [-0.15, -0.1) is 0 Å². The van der Waals surface area contributed by atoms with Crippen LogP contribution in [0.25, 0.3) is 0 Å². The Hall–Kier alpha value is -2.00. The second-order valence-electron chi connectivity index (χ2n) is 4.32. The lowest BCUT2D eigenvalue weighted by Gasteiger charge is -2.20. The summed E-state index contributed by atoms with van der Waals surface area (Å²) in [4.78, 5) is 9.79. The van der Waals surface area contributed by atoms with Crippen LogP contribution in [0.4, 0.5) is 15.8 Å². The molecule has 9 heteroatoms. The van der Waals surface area contributed by atoms with Crippen molar-refractivity contribution in [1.29, 1.82) is 0 Å². The topological polar surface area (TPSA) is 80.5 Å². The van der Waals surface area contributed by atoms with Crippen molar-refractivity contribution in [3.63, 3.8) is 0 Å².